The van der Waals surface area contributed by atoms with E-state index >= 15 is 0 Å². The van der Waals surface area contributed by atoms with E-state index in [0.29, 0.717) is 12.5 Å². The van der Waals surface area contributed by atoms with Crippen LogP contribution in [0.5, 0.6) is 0 Å². The van der Waals surface area contributed by atoms with Crippen molar-refractivity contribution in [1.82, 2.24) is 10.2 Å². The Labute approximate surface area is 108 Å². The minimum atomic E-state index is -2.91. The average Bonchev–Trinajstić information content (AvgIpc) is 3.05. The molecular formula is C12H20N2O3S. The Kier molecular flexibility index (Phi) is 3.10. The highest BCUT2D eigenvalue weighted by atomic mass is 32.2. The van der Waals surface area contributed by atoms with Crippen molar-refractivity contribution in [3.05, 3.63) is 0 Å². The van der Waals surface area contributed by atoms with E-state index in [-0.39, 0.29) is 29.5 Å². The molecule has 18 heavy (non-hydrogen) atoms. The van der Waals surface area contributed by atoms with Crippen LogP contribution in [0.2, 0.25) is 0 Å². The lowest BCUT2D eigenvalue weighted by Gasteiger charge is -2.36. The van der Waals surface area contributed by atoms with Crippen LogP contribution in [0.3, 0.4) is 0 Å². The van der Waals surface area contributed by atoms with Gasteiger partial charge in [-0.3, -0.25) is 4.79 Å². The van der Waals surface area contributed by atoms with E-state index in [4.69, 9.17) is 0 Å². The van der Waals surface area contributed by atoms with Gasteiger partial charge in [-0.1, -0.05) is 0 Å². The first-order valence-electron chi connectivity index (χ1n) is 6.82. The lowest BCUT2D eigenvalue weighted by molar-refractivity contribution is -0.138. The number of hydrogen-bond acceptors (Lipinski definition) is 4. The highest BCUT2D eigenvalue weighted by molar-refractivity contribution is 7.91. The van der Waals surface area contributed by atoms with Gasteiger partial charge in [0.15, 0.2) is 9.84 Å². The van der Waals surface area contributed by atoms with Gasteiger partial charge in [0.1, 0.15) is 0 Å². The number of sulfone groups is 1. The summed E-state index contributed by atoms with van der Waals surface area (Å²) in [5.74, 6) is 0.520. The van der Waals surface area contributed by atoms with Crippen LogP contribution in [0.25, 0.3) is 0 Å². The molecule has 0 aromatic heterocycles. The first-order valence-corrected chi connectivity index (χ1v) is 8.64. The second kappa shape index (κ2) is 4.49. The van der Waals surface area contributed by atoms with Crippen molar-refractivity contribution in [3.8, 4) is 0 Å². The fourth-order valence-corrected chi connectivity index (χ4v) is 4.70. The molecule has 0 spiro atoms. The molecule has 2 unspecified atom stereocenters. The molecule has 1 aliphatic carbocycles. The molecule has 2 atom stereocenters. The second-order valence-corrected chi connectivity index (χ2v) is 7.95. The average molecular weight is 272 g/mol. The standard InChI is InChI=1S/C12H20N2O3S/c15-12-11(13-9-3-4-9)2-1-6-14(12)10-5-7-18(16,17)8-10/h9-11,13H,1-8H2. The third kappa shape index (κ3) is 2.54. The smallest absolute Gasteiger partial charge is 0.239 e. The van der Waals surface area contributed by atoms with E-state index < -0.39 is 9.84 Å². The van der Waals surface area contributed by atoms with Crippen LogP contribution in [-0.2, 0) is 14.6 Å². The van der Waals surface area contributed by atoms with E-state index in [9.17, 15) is 13.2 Å². The van der Waals surface area contributed by atoms with Gasteiger partial charge in [-0.15, -0.1) is 0 Å². The molecule has 3 aliphatic rings. The number of rotatable bonds is 3. The number of carbonyl (C=O) groups is 1. The van der Waals surface area contributed by atoms with E-state index in [1.807, 2.05) is 4.90 Å². The summed E-state index contributed by atoms with van der Waals surface area (Å²) < 4.78 is 23.0. The minimum Gasteiger partial charge on any atom is -0.337 e. The van der Waals surface area contributed by atoms with Crippen LogP contribution < -0.4 is 5.32 Å². The summed E-state index contributed by atoms with van der Waals surface area (Å²) in [6.45, 7) is 0.724. The summed E-state index contributed by atoms with van der Waals surface area (Å²) in [6, 6.07) is 0.368. The van der Waals surface area contributed by atoms with Gasteiger partial charge in [-0.25, -0.2) is 8.42 Å². The summed E-state index contributed by atoms with van der Waals surface area (Å²) in [6.07, 6.45) is 4.82. The number of carbonyl (C=O) groups excluding carboxylic acids is 1. The van der Waals surface area contributed by atoms with Crippen LogP contribution in [0.1, 0.15) is 32.1 Å². The van der Waals surface area contributed by atoms with Gasteiger partial charge in [-0.2, -0.15) is 0 Å². The SMILES string of the molecule is O=C1C(NC2CC2)CCCN1C1CCS(=O)(=O)C1. The zero-order valence-electron chi connectivity index (χ0n) is 10.5. The van der Waals surface area contributed by atoms with Crippen molar-refractivity contribution >= 4 is 15.7 Å². The molecule has 0 radical (unpaired) electrons. The van der Waals surface area contributed by atoms with Crippen LogP contribution in [0, 0.1) is 0 Å². The van der Waals surface area contributed by atoms with Gasteiger partial charge in [0, 0.05) is 18.6 Å². The zero-order chi connectivity index (χ0) is 12.8. The van der Waals surface area contributed by atoms with Crippen molar-refractivity contribution in [2.24, 2.45) is 0 Å². The van der Waals surface area contributed by atoms with Gasteiger partial charge in [0.2, 0.25) is 5.91 Å². The Bertz CT molecular complexity index is 444. The van der Waals surface area contributed by atoms with Crippen molar-refractivity contribution in [1.29, 1.82) is 0 Å². The highest BCUT2D eigenvalue weighted by Crippen LogP contribution is 2.25. The largest absolute Gasteiger partial charge is 0.337 e. The molecule has 5 nitrogen and oxygen atoms in total. The number of amides is 1. The van der Waals surface area contributed by atoms with Crippen molar-refractivity contribution in [2.75, 3.05) is 18.1 Å². The number of nitrogens with one attached hydrogen (secondary N) is 1. The predicted octanol–water partition coefficient (Wildman–Crippen LogP) is -0.0835. The maximum Gasteiger partial charge on any atom is 0.239 e. The normalized spacial score (nSPS) is 36.0. The summed E-state index contributed by atoms with van der Waals surface area (Å²) in [5, 5.41) is 3.38. The summed E-state index contributed by atoms with van der Waals surface area (Å²) in [5.41, 5.74) is 0. The molecule has 0 bridgehead atoms. The predicted molar refractivity (Wildman–Crippen MR) is 68.0 cm³/mol. The number of nitrogens with zero attached hydrogens (tertiary/aromatic N) is 1. The Hall–Kier alpha value is -0.620. The first-order chi connectivity index (χ1) is 8.55. The Balaban J connectivity index is 1.66. The number of likely N-dealkylation sites (tertiary alicyclic amines) is 1. The summed E-state index contributed by atoms with van der Waals surface area (Å²) >= 11 is 0. The molecule has 1 amide bonds. The molecule has 1 N–H and O–H groups in total. The fourth-order valence-electron chi connectivity index (χ4n) is 2.97. The lowest BCUT2D eigenvalue weighted by atomic mass is 10.0. The lowest BCUT2D eigenvalue weighted by Crippen LogP contribution is -2.54. The quantitative estimate of drug-likeness (QED) is 0.780. The Morgan fingerprint density at radius 2 is 1.94 bits per heavy atom. The Morgan fingerprint density at radius 1 is 1.17 bits per heavy atom. The van der Waals surface area contributed by atoms with Gasteiger partial charge in [0.25, 0.3) is 0 Å². The molecule has 2 aliphatic heterocycles. The minimum absolute atomic E-state index is 0.0745. The maximum absolute atomic E-state index is 12.4. The Morgan fingerprint density at radius 3 is 2.56 bits per heavy atom. The first kappa shape index (κ1) is 12.4. The van der Waals surface area contributed by atoms with E-state index in [2.05, 4.69) is 5.32 Å². The molecule has 3 rings (SSSR count). The maximum atomic E-state index is 12.4. The molecule has 3 fully saturated rings. The number of hydrogen-bond donors (Lipinski definition) is 1. The van der Waals surface area contributed by atoms with E-state index in [1.54, 1.807) is 0 Å². The fraction of sp³-hybridized carbons (Fsp3) is 0.917. The third-order valence-electron chi connectivity index (χ3n) is 4.14. The van der Waals surface area contributed by atoms with Crippen molar-refractivity contribution in [2.45, 2.75) is 50.2 Å². The molecule has 1 saturated carbocycles. The molecule has 0 aromatic rings. The molecule has 2 saturated heterocycles. The molecule has 2 heterocycles. The van der Waals surface area contributed by atoms with Crippen molar-refractivity contribution < 1.29 is 13.2 Å². The second-order valence-electron chi connectivity index (χ2n) is 5.72. The monoisotopic (exact) mass is 272 g/mol. The topological polar surface area (TPSA) is 66.5 Å². The summed E-state index contributed by atoms with van der Waals surface area (Å²) in [4.78, 5) is 14.2. The van der Waals surface area contributed by atoms with Crippen LogP contribution >= 0.6 is 0 Å². The zero-order valence-corrected chi connectivity index (χ0v) is 11.3. The summed E-state index contributed by atoms with van der Waals surface area (Å²) in [7, 11) is -2.91. The number of piperidine rings is 1. The van der Waals surface area contributed by atoms with Gasteiger partial charge in [-0.05, 0) is 32.1 Å². The molecule has 102 valence electrons. The molecule has 6 heteroatoms. The van der Waals surface area contributed by atoms with Crippen LogP contribution in [0.15, 0.2) is 0 Å². The van der Waals surface area contributed by atoms with Crippen molar-refractivity contribution in [3.63, 3.8) is 0 Å². The van der Waals surface area contributed by atoms with Crippen LogP contribution in [0.4, 0.5) is 0 Å². The van der Waals surface area contributed by atoms with Gasteiger partial charge >= 0.3 is 0 Å². The van der Waals surface area contributed by atoms with E-state index in [1.165, 1.54) is 12.8 Å². The van der Waals surface area contributed by atoms with Crippen LogP contribution in [-0.4, -0.2) is 55.4 Å². The highest BCUT2D eigenvalue weighted by Gasteiger charge is 2.40. The van der Waals surface area contributed by atoms with Gasteiger partial charge in [0.05, 0.1) is 17.5 Å². The molecular weight excluding hydrogens is 252 g/mol. The third-order valence-corrected chi connectivity index (χ3v) is 5.89. The van der Waals surface area contributed by atoms with E-state index in [0.717, 1.165) is 19.4 Å². The van der Waals surface area contributed by atoms with Gasteiger partial charge < -0.3 is 10.2 Å². The molecule has 0 aromatic carbocycles.